The maximum atomic E-state index is 12.5. The van der Waals surface area contributed by atoms with Crippen LogP contribution < -0.4 is 0 Å². The minimum Gasteiger partial charge on any atom is -0.466 e. The van der Waals surface area contributed by atoms with Crippen LogP contribution in [0.15, 0.2) is 0 Å². The summed E-state index contributed by atoms with van der Waals surface area (Å²) < 4.78 is 5.10. The maximum Gasteiger partial charge on any atom is 0.310 e. The SMILES string of the molecule is CCOC(=O)[C@@H]1CCCN(C(=O)CC2CCCCCC2)C1. The Bertz CT molecular complexity index is 348. The highest BCUT2D eigenvalue weighted by atomic mass is 16.5. The number of esters is 1. The number of nitrogens with zero attached hydrogens (tertiary/aromatic N) is 1. The molecule has 1 amide bonds. The van der Waals surface area contributed by atoms with Crippen molar-refractivity contribution in [3.8, 4) is 0 Å². The van der Waals surface area contributed by atoms with E-state index in [-0.39, 0.29) is 17.8 Å². The molecular weight excluding hydrogens is 266 g/mol. The molecule has 1 atom stereocenters. The van der Waals surface area contributed by atoms with E-state index in [1.54, 1.807) is 0 Å². The van der Waals surface area contributed by atoms with Crippen molar-refractivity contribution in [2.24, 2.45) is 11.8 Å². The molecule has 0 aromatic carbocycles. The van der Waals surface area contributed by atoms with E-state index in [1.807, 2.05) is 11.8 Å². The van der Waals surface area contributed by atoms with Crippen molar-refractivity contribution < 1.29 is 14.3 Å². The molecule has 2 fully saturated rings. The fourth-order valence-corrected chi connectivity index (χ4v) is 3.60. The lowest BCUT2D eigenvalue weighted by molar-refractivity contribution is -0.151. The van der Waals surface area contributed by atoms with E-state index in [4.69, 9.17) is 4.74 Å². The topological polar surface area (TPSA) is 46.6 Å². The van der Waals surface area contributed by atoms with Crippen molar-refractivity contribution in [1.29, 1.82) is 0 Å². The first-order valence-electron chi connectivity index (χ1n) is 8.65. The molecule has 4 heteroatoms. The standard InChI is InChI=1S/C17H29NO3/c1-2-21-17(20)15-10-7-11-18(13-15)16(19)12-14-8-5-3-4-6-9-14/h14-15H,2-13H2,1H3/t15-/m1/s1. The minimum atomic E-state index is -0.135. The van der Waals surface area contributed by atoms with Crippen LogP contribution in [0.3, 0.4) is 0 Å². The van der Waals surface area contributed by atoms with Crippen LogP contribution in [0, 0.1) is 11.8 Å². The first-order chi connectivity index (χ1) is 10.2. The quantitative estimate of drug-likeness (QED) is 0.591. The van der Waals surface area contributed by atoms with E-state index in [0.29, 0.717) is 25.5 Å². The molecule has 0 unspecified atom stereocenters. The van der Waals surface area contributed by atoms with Crippen LogP contribution in [0.1, 0.15) is 64.7 Å². The number of piperidine rings is 1. The van der Waals surface area contributed by atoms with E-state index in [2.05, 4.69) is 0 Å². The van der Waals surface area contributed by atoms with Gasteiger partial charge in [-0.2, -0.15) is 0 Å². The number of hydrogen-bond acceptors (Lipinski definition) is 3. The molecule has 21 heavy (non-hydrogen) atoms. The maximum absolute atomic E-state index is 12.5. The summed E-state index contributed by atoms with van der Waals surface area (Å²) in [6.07, 6.45) is 10.0. The predicted octanol–water partition coefficient (Wildman–Crippen LogP) is 3.15. The molecule has 4 nitrogen and oxygen atoms in total. The first kappa shape index (κ1) is 16.3. The van der Waals surface area contributed by atoms with Gasteiger partial charge in [-0.1, -0.05) is 25.7 Å². The highest BCUT2D eigenvalue weighted by Crippen LogP contribution is 2.27. The summed E-state index contributed by atoms with van der Waals surface area (Å²) in [7, 11) is 0. The van der Waals surface area contributed by atoms with Crippen molar-refractivity contribution >= 4 is 11.9 Å². The molecule has 1 saturated heterocycles. The summed E-state index contributed by atoms with van der Waals surface area (Å²) in [6, 6.07) is 0. The molecule has 0 bridgehead atoms. The second kappa shape index (κ2) is 8.40. The average Bonchev–Trinajstić information content (AvgIpc) is 2.76. The number of rotatable bonds is 4. The normalized spacial score (nSPS) is 24.4. The molecule has 2 aliphatic rings. The molecule has 0 N–H and O–H groups in total. The molecule has 1 aliphatic heterocycles. The van der Waals surface area contributed by atoms with Crippen LogP contribution in [0.2, 0.25) is 0 Å². The second-order valence-electron chi connectivity index (χ2n) is 6.49. The fraction of sp³-hybridized carbons (Fsp3) is 0.882. The molecule has 0 aromatic heterocycles. The van der Waals surface area contributed by atoms with Crippen LogP contribution in [0.5, 0.6) is 0 Å². The van der Waals surface area contributed by atoms with E-state index in [0.717, 1.165) is 19.4 Å². The van der Waals surface area contributed by atoms with Gasteiger partial charge in [0.2, 0.25) is 5.91 Å². The molecule has 2 rings (SSSR count). The zero-order valence-electron chi connectivity index (χ0n) is 13.3. The van der Waals surface area contributed by atoms with Gasteiger partial charge >= 0.3 is 5.97 Å². The Balaban J connectivity index is 1.82. The monoisotopic (exact) mass is 295 g/mol. The summed E-state index contributed by atoms with van der Waals surface area (Å²) in [5, 5.41) is 0. The lowest BCUT2D eigenvalue weighted by Crippen LogP contribution is -2.43. The van der Waals surface area contributed by atoms with Crippen molar-refractivity contribution in [3.05, 3.63) is 0 Å². The number of hydrogen-bond donors (Lipinski definition) is 0. The van der Waals surface area contributed by atoms with Crippen LogP contribution in [0.4, 0.5) is 0 Å². The second-order valence-corrected chi connectivity index (χ2v) is 6.49. The Hall–Kier alpha value is -1.06. The Morgan fingerprint density at radius 1 is 1.05 bits per heavy atom. The molecule has 1 heterocycles. The Kier molecular flexibility index (Phi) is 6.52. The Morgan fingerprint density at radius 2 is 1.76 bits per heavy atom. The van der Waals surface area contributed by atoms with E-state index >= 15 is 0 Å². The van der Waals surface area contributed by atoms with Gasteiger partial charge in [-0.25, -0.2) is 0 Å². The molecule has 0 radical (unpaired) electrons. The van der Waals surface area contributed by atoms with Crippen molar-refractivity contribution in [2.75, 3.05) is 19.7 Å². The van der Waals surface area contributed by atoms with Crippen molar-refractivity contribution in [1.82, 2.24) is 4.90 Å². The van der Waals surface area contributed by atoms with E-state index in [1.165, 1.54) is 38.5 Å². The highest BCUT2D eigenvalue weighted by Gasteiger charge is 2.30. The van der Waals surface area contributed by atoms with E-state index < -0.39 is 0 Å². The van der Waals surface area contributed by atoms with Gasteiger partial charge in [0, 0.05) is 19.5 Å². The van der Waals surface area contributed by atoms with Crippen LogP contribution in [0.25, 0.3) is 0 Å². The zero-order valence-corrected chi connectivity index (χ0v) is 13.3. The van der Waals surface area contributed by atoms with Crippen molar-refractivity contribution in [3.63, 3.8) is 0 Å². The molecule has 1 aliphatic carbocycles. The molecule has 1 saturated carbocycles. The molecular formula is C17H29NO3. The summed E-state index contributed by atoms with van der Waals surface area (Å²) in [6.45, 7) is 3.62. The van der Waals surface area contributed by atoms with Gasteiger partial charge < -0.3 is 9.64 Å². The fourth-order valence-electron chi connectivity index (χ4n) is 3.60. The number of amides is 1. The predicted molar refractivity (Wildman–Crippen MR) is 81.7 cm³/mol. The molecule has 120 valence electrons. The van der Waals surface area contributed by atoms with Gasteiger partial charge in [0.25, 0.3) is 0 Å². The number of carbonyl (C=O) groups is 2. The zero-order chi connectivity index (χ0) is 15.1. The van der Waals surface area contributed by atoms with Gasteiger partial charge in [0.15, 0.2) is 0 Å². The third kappa shape index (κ3) is 5.01. The summed E-state index contributed by atoms with van der Waals surface area (Å²) in [5.74, 6) is 0.556. The molecule has 0 spiro atoms. The highest BCUT2D eigenvalue weighted by molar-refractivity contribution is 5.78. The number of carbonyl (C=O) groups excluding carboxylic acids is 2. The number of ether oxygens (including phenoxy) is 1. The van der Waals surface area contributed by atoms with Gasteiger partial charge in [0.05, 0.1) is 12.5 Å². The van der Waals surface area contributed by atoms with Gasteiger partial charge in [-0.15, -0.1) is 0 Å². The summed E-state index contributed by atoms with van der Waals surface area (Å²) >= 11 is 0. The average molecular weight is 295 g/mol. The van der Waals surface area contributed by atoms with Crippen molar-refractivity contribution in [2.45, 2.75) is 64.7 Å². The third-order valence-corrected chi connectivity index (χ3v) is 4.83. The van der Waals surface area contributed by atoms with Gasteiger partial charge in [-0.05, 0) is 38.5 Å². The Morgan fingerprint density at radius 3 is 2.43 bits per heavy atom. The largest absolute Gasteiger partial charge is 0.466 e. The molecule has 0 aromatic rings. The lowest BCUT2D eigenvalue weighted by Gasteiger charge is -2.32. The van der Waals surface area contributed by atoms with Gasteiger partial charge in [-0.3, -0.25) is 9.59 Å². The lowest BCUT2D eigenvalue weighted by atomic mass is 9.94. The minimum absolute atomic E-state index is 0.114. The van der Waals surface area contributed by atoms with Crippen LogP contribution >= 0.6 is 0 Å². The smallest absolute Gasteiger partial charge is 0.310 e. The van der Waals surface area contributed by atoms with Crippen LogP contribution in [-0.2, 0) is 14.3 Å². The first-order valence-corrected chi connectivity index (χ1v) is 8.65. The van der Waals surface area contributed by atoms with Gasteiger partial charge in [0.1, 0.15) is 0 Å². The number of likely N-dealkylation sites (tertiary alicyclic amines) is 1. The van der Waals surface area contributed by atoms with E-state index in [9.17, 15) is 9.59 Å². The third-order valence-electron chi connectivity index (χ3n) is 4.83. The summed E-state index contributed by atoms with van der Waals surface area (Å²) in [4.78, 5) is 26.2. The summed E-state index contributed by atoms with van der Waals surface area (Å²) in [5.41, 5.74) is 0. The van der Waals surface area contributed by atoms with Crippen LogP contribution in [-0.4, -0.2) is 36.5 Å². The Labute approximate surface area is 128 Å².